The van der Waals surface area contributed by atoms with Gasteiger partial charge in [0.1, 0.15) is 0 Å². The lowest BCUT2D eigenvalue weighted by molar-refractivity contribution is -0.131. The average Bonchev–Trinajstić information content (AvgIpc) is 3.29. The van der Waals surface area contributed by atoms with Gasteiger partial charge in [0, 0.05) is 61.9 Å². The average molecular weight is 489 g/mol. The first kappa shape index (κ1) is 23.4. The molecule has 3 heterocycles. The molecule has 0 saturated carbocycles. The number of carbonyl (C=O) groups is 1. The molecule has 0 unspecified atom stereocenters. The van der Waals surface area contributed by atoms with Crippen molar-refractivity contribution in [3.8, 4) is 0 Å². The quantitative estimate of drug-likeness (QED) is 0.516. The number of nitrogens with zero attached hydrogens (tertiary/aromatic N) is 4. The summed E-state index contributed by atoms with van der Waals surface area (Å²) >= 11 is 6.09. The summed E-state index contributed by atoms with van der Waals surface area (Å²) in [5, 5.41) is 0.664. The van der Waals surface area contributed by atoms with E-state index in [0.29, 0.717) is 18.0 Å². The fourth-order valence-electron chi connectivity index (χ4n) is 4.86. The molecular weight excluding hydrogens is 460 g/mol. The summed E-state index contributed by atoms with van der Waals surface area (Å²) in [5.74, 6) is 0.245. The summed E-state index contributed by atoms with van der Waals surface area (Å²) in [7, 11) is 0. The maximum Gasteiger partial charge on any atom is 0.251 e. The van der Waals surface area contributed by atoms with Crippen molar-refractivity contribution in [3.63, 3.8) is 0 Å². The number of amides is 1. The highest BCUT2D eigenvalue weighted by Gasteiger charge is 2.23. The van der Waals surface area contributed by atoms with Gasteiger partial charge in [-0.15, -0.1) is 0 Å². The highest BCUT2D eigenvalue weighted by Crippen LogP contribution is 2.33. The van der Waals surface area contributed by atoms with Crippen LogP contribution in [0.3, 0.4) is 0 Å². The van der Waals surface area contributed by atoms with Crippen molar-refractivity contribution in [2.75, 3.05) is 31.1 Å². The Hall–Kier alpha value is -3.38. The molecule has 3 aromatic rings. The van der Waals surface area contributed by atoms with Gasteiger partial charge in [-0.3, -0.25) is 14.6 Å². The molecule has 1 fully saturated rings. The number of allylic oxidation sites excluding steroid dienone is 1. The number of halogens is 1. The van der Waals surface area contributed by atoms with Crippen LogP contribution in [0.1, 0.15) is 42.1 Å². The van der Waals surface area contributed by atoms with Crippen molar-refractivity contribution >= 4 is 28.8 Å². The molecule has 0 spiro atoms. The van der Waals surface area contributed by atoms with Crippen molar-refractivity contribution in [3.05, 3.63) is 98.7 Å². The van der Waals surface area contributed by atoms with Crippen molar-refractivity contribution in [2.24, 2.45) is 0 Å². The maximum absolute atomic E-state index is 12.9. The number of pyridine rings is 2. The number of anilines is 1. The Morgan fingerprint density at radius 1 is 1.09 bits per heavy atom. The lowest BCUT2D eigenvalue weighted by Gasteiger charge is -2.36. The first-order valence-electron chi connectivity index (χ1n) is 12.2. The van der Waals surface area contributed by atoms with E-state index in [4.69, 9.17) is 16.6 Å². The van der Waals surface area contributed by atoms with Gasteiger partial charge in [-0.2, -0.15) is 0 Å². The molecule has 1 saturated heterocycles. The SMILES string of the molecule is CCCC(=O)N1CCN(c2cnc3c(c2)C(c2ccn(Cc4cccc(Cl)c4)c(=O)c2)=CC3)CC1. The van der Waals surface area contributed by atoms with E-state index in [1.165, 1.54) is 0 Å². The zero-order valence-corrected chi connectivity index (χ0v) is 20.7. The number of hydrogen-bond donors (Lipinski definition) is 0. The van der Waals surface area contributed by atoms with Gasteiger partial charge in [0.05, 0.1) is 24.1 Å². The van der Waals surface area contributed by atoms with Crippen LogP contribution in [0.2, 0.25) is 5.02 Å². The number of fused-ring (bicyclic) bond motifs is 1. The van der Waals surface area contributed by atoms with Gasteiger partial charge in [0.15, 0.2) is 0 Å². The second-order valence-corrected chi connectivity index (χ2v) is 9.58. The third-order valence-electron chi connectivity index (χ3n) is 6.76. The van der Waals surface area contributed by atoms with Crippen molar-refractivity contribution < 1.29 is 4.79 Å². The Kier molecular flexibility index (Phi) is 6.73. The Bertz CT molecular complexity index is 1340. The molecular formula is C28H29ClN4O2. The molecule has 2 aromatic heterocycles. The minimum Gasteiger partial charge on any atom is -0.367 e. The van der Waals surface area contributed by atoms with Crippen LogP contribution in [0.15, 0.2) is 65.7 Å². The monoisotopic (exact) mass is 488 g/mol. The predicted molar refractivity (Wildman–Crippen MR) is 140 cm³/mol. The first-order valence-corrected chi connectivity index (χ1v) is 12.6. The van der Waals surface area contributed by atoms with Gasteiger partial charge >= 0.3 is 0 Å². The summed E-state index contributed by atoms with van der Waals surface area (Å²) in [4.78, 5) is 34.1. The van der Waals surface area contributed by atoms with Crippen molar-refractivity contribution in [1.82, 2.24) is 14.5 Å². The summed E-state index contributed by atoms with van der Waals surface area (Å²) in [6.07, 6.45) is 8.19. The van der Waals surface area contributed by atoms with Gasteiger partial charge in [0.25, 0.3) is 5.56 Å². The number of hydrogen-bond acceptors (Lipinski definition) is 4. The van der Waals surface area contributed by atoms with E-state index in [2.05, 4.69) is 17.0 Å². The minimum absolute atomic E-state index is 0.0474. The summed E-state index contributed by atoms with van der Waals surface area (Å²) in [6, 6.07) is 13.5. The van der Waals surface area contributed by atoms with Crippen LogP contribution in [-0.2, 0) is 17.8 Å². The van der Waals surface area contributed by atoms with E-state index in [-0.39, 0.29) is 11.5 Å². The van der Waals surface area contributed by atoms with Crippen LogP contribution in [0.4, 0.5) is 5.69 Å². The largest absolute Gasteiger partial charge is 0.367 e. The van der Waals surface area contributed by atoms with Gasteiger partial charge in [-0.25, -0.2) is 0 Å². The summed E-state index contributed by atoms with van der Waals surface area (Å²) in [5.41, 5.74) is 6.08. The zero-order valence-electron chi connectivity index (χ0n) is 19.9. The molecule has 1 aromatic carbocycles. The molecule has 6 nitrogen and oxygen atoms in total. The second-order valence-electron chi connectivity index (χ2n) is 9.14. The van der Waals surface area contributed by atoms with Crippen LogP contribution in [-0.4, -0.2) is 46.5 Å². The van der Waals surface area contributed by atoms with Gasteiger partial charge in [0.2, 0.25) is 5.91 Å². The molecule has 0 radical (unpaired) electrons. The Balaban J connectivity index is 1.33. The van der Waals surface area contributed by atoms with Crippen molar-refractivity contribution in [1.29, 1.82) is 0 Å². The molecule has 0 bridgehead atoms. The highest BCUT2D eigenvalue weighted by molar-refractivity contribution is 6.30. The second kappa shape index (κ2) is 10.1. The third kappa shape index (κ3) is 5.03. The molecule has 5 rings (SSSR count). The molecule has 35 heavy (non-hydrogen) atoms. The highest BCUT2D eigenvalue weighted by atomic mass is 35.5. The molecule has 1 aliphatic carbocycles. The Morgan fingerprint density at radius 2 is 1.91 bits per heavy atom. The Labute approximate surface area is 210 Å². The van der Waals surface area contributed by atoms with E-state index in [1.807, 2.05) is 54.5 Å². The van der Waals surface area contributed by atoms with Crippen LogP contribution in [0.25, 0.3) is 5.57 Å². The fraction of sp³-hybridized carbons (Fsp3) is 0.321. The maximum atomic E-state index is 12.9. The first-order chi connectivity index (χ1) is 17.0. The lowest BCUT2D eigenvalue weighted by Crippen LogP contribution is -2.48. The minimum atomic E-state index is -0.0474. The summed E-state index contributed by atoms with van der Waals surface area (Å²) < 4.78 is 1.69. The van der Waals surface area contributed by atoms with Crippen LogP contribution < -0.4 is 10.5 Å². The molecule has 0 atom stereocenters. The van der Waals surface area contributed by atoms with E-state index in [0.717, 1.165) is 72.7 Å². The van der Waals surface area contributed by atoms with Crippen LogP contribution >= 0.6 is 11.6 Å². The number of aromatic nitrogens is 2. The Morgan fingerprint density at radius 3 is 2.66 bits per heavy atom. The standard InChI is InChI=1S/C28H29ClN4O2/c1-2-4-27(34)32-13-11-31(12-14-32)23-17-25-24(7-8-26(25)30-18-23)21-9-10-33(28(35)16-21)19-20-5-3-6-22(29)15-20/h3,5-7,9-10,15-18H,2,4,8,11-14,19H2,1H3. The number of benzene rings is 1. The van der Waals surface area contributed by atoms with E-state index in [9.17, 15) is 9.59 Å². The predicted octanol–water partition coefficient (Wildman–Crippen LogP) is 4.38. The number of carbonyl (C=O) groups excluding carboxylic acids is 1. The molecule has 0 N–H and O–H groups in total. The number of piperazine rings is 1. The number of rotatable bonds is 6. The zero-order chi connectivity index (χ0) is 24.4. The van der Waals surface area contributed by atoms with Gasteiger partial charge in [-0.05, 0) is 47.4 Å². The van der Waals surface area contributed by atoms with E-state index >= 15 is 0 Å². The lowest BCUT2D eigenvalue weighted by atomic mass is 10.0. The molecule has 7 heteroatoms. The smallest absolute Gasteiger partial charge is 0.251 e. The van der Waals surface area contributed by atoms with Crippen LogP contribution in [0.5, 0.6) is 0 Å². The van der Waals surface area contributed by atoms with E-state index in [1.54, 1.807) is 10.6 Å². The van der Waals surface area contributed by atoms with Gasteiger partial charge < -0.3 is 14.4 Å². The normalized spacial score (nSPS) is 15.2. The van der Waals surface area contributed by atoms with Crippen LogP contribution in [0, 0.1) is 0 Å². The fourth-order valence-corrected chi connectivity index (χ4v) is 5.07. The van der Waals surface area contributed by atoms with Gasteiger partial charge in [-0.1, -0.05) is 36.7 Å². The molecule has 1 amide bonds. The topological polar surface area (TPSA) is 58.4 Å². The molecule has 1 aliphatic heterocycles. The molecule has 180 valence electrons. The molecule has 2 aliphatic rings. The summed E-state index contributed by atoms with van der Waals surface area (Å²) in [6.45, 7) is 5.60. The van der Waals surface area contributed by atoms with Crippen molar-refractivity contribution in [2.45, 2.75) is 32.7 Å². The third-order valence-corrected chi connectivity index (χ3v) is 6.99. The van der Waals surface area contributed by atoms with E-state index < -0.39 is 0 Å².